The van der Waals surface area contributed by atoms with Crippen molar-refractivity contribution in [3.8, 4) is 0 Å². The number of alkyl carbamates (subject to hydrolysis) is 1. The molecule has 0 aliphatic carbocycles. The average molecular weight is 239 g/mol. The number of hydrogen-bond donors (Lipinski definition) is 2. The molecular weight excluding hydrogens is 225 g/mol. The van der Waals surface area contributed by atoms with Gasteiger partial charge >= 0.3 is 12.1 Å². The summed E-state index contributed by atoms with van der Waals surface area (Å²) in [4.78, 5) is 31.4. The molecule has 0 aliphatic heterocycles. The Morgan fingerprint density at radius 2 is 1.93 bits per heavy atom. The highest BCUT2D eigenvalue weighted by Gasteiger charge is 2.38. The summed E-state index contributed by atoms with van der Waals surface area (Å²) < 4.78 is 20.0. The van der Waals surface area contributed by atoms with Crippen molar-refractivity contribution in [3.63, 3.8) is 0 Å². The summed E-state index contributed by atoms with van der Waals surface area (Å²) in [7, 11) is -1.67. The van der Waals surface area contributed by atoms with Gasteiger partial charge in [-0.1, -0.05) is 6.92 Å². The molecular formula is C7H14NO6P. The fourth-order valence-electron chi connectivity index (χ4n) is 0.789. The van der Waals surface area contributed by atoms with Gasteiger partial charge in [0.25, 0.3) is 0 Å². The lowest BCUT2D eigenvalue weighted by Gasteiger charge is -2.19. The summed E-state index contributed by atoms with van der Waals surface area (Å²) in [6.07, 6.45) is -1.12. The van der Waals surface area contributed by atoms with Gasteiger partial charge in [0.2, 0.25) is 13.2 Å². The zero-order chi connectivity index (χ0) is 12.1. The van der Waals surface area contributed by atoms with Gasteiger partial charge in [-0.2, -0.15) is 0 Å². The number of methoxy groups -OCH3 is 2. The molecule has 7 nitrogen and oxygen atoms in total. The minimum atomic E-state index is -3.81. The van der Waals surface area contributed by atoms with Crippen LogP contribution in [0.15, 0.2) is 0 Å². The molecule has 0 aromatic rings. The highest BCUT2D eigenvalue weighted by atomic mass is 31.2. The first-order valence-electron chi connectivity index (χ1n) is 4.12. The summed E-state index contributed by atoms with van der Waals surface area (Å²) in [5, 5.41) is 1.96. The number of carbonyl (C=O) groups excluding carboxylic acids is 2. The largest absolute Gasteiger partial charge is 0.467 e. The van der Waals surface area contributed by atoms with E-state index in [4.69, 9.17) is 0 Å². The van der Waals surface area contributed by atoms with E-state index >= 15 is 0 Å². The molecule has 0 radical (unpaired) electrons. The number of amides is 1. The number of ether oxygens (including phenoxy) is 2. The zero-order valence-electron chi connectivity index (χ0n) is 8.72. The third kappa shape index (κ3) is 3.89. The van der Waals surface area contributed by atoms with E-state index in [1.807, 2.05) is 5.32 Å². The van der Waals surface area contributed by atoms with Crippen LogP contribution in [-0.4, -0.2) is 43.1 Å². The van der Waals surface area contributed by atoms with Crippen LogP contribution in [0.2, 0.25) is 0 Å². The molecule has 0 saturated carbocycles. The van der Waals surface area contributed by atoms with Crippen molar-refractivity contribution in [3.05, 3.63) is 0 Å². The summed E-state index contributed by atoms with van der Waals surface area (Å²) >= 11 is 0. The van der Waals surface area contributed by atoms with E-state index in [1.54, 1.807) is 0 Å². The van der Waals surface area contributed by atoms with Gasteiger partial charge in [-0.25, -0.2) is 9.59 Å². The van der Waals surface area contributed by atoms with Crippen LogP contribution in [-0.2, 0) is 18.8 Å². The molecule has 88 valence electrons. The highest BCUT2D eigenvalue weighted by molar-refractivity contribution is 7.59. The van der Waals surface area contributed by atoms with E-state index in [2.05, 4.69) is 9.47 Å². The molecule has 0 rings (SSSR count). The molecule has 0 spiro atoms. The molecule has 1 amide bonds. The molecule has 2 N–H and O–H groups in total. The minimum absolute atomic E-state index is 0.156. The first-order valence-corrected chi connectivity index (χ1v) is 6.04. The van der Waals surface area contributed by atoms with Crippen molar-refractivity contribution in [1.82, 2.24) is 5.32 Å². The van der Waals surface area contributed by atoms with Crippen molar-refractivity contribution >= 4 is 19.4 Å². The summed E-state index contributed by atoms with van der Waals surface area (Å²) in [5.41, 5.74) is 0. The Morgan fingerprint density at radius 1 is 1.40 bits per heavy atom. The zero-order valence-corrected chi connectivity index (χ0v) is 9.61. The average Bonchev–Trinajstić information content (AvgIpc) is 2.24. The van der Waals surface area contributed by atoms with Crippen molar-refractivity contribution in [2.24, 2.45) is 0 Å². The Balaban J connectivity index is 4.82. The van der Waals surface area contributed by atoms with E-state index < -0.39 is 25.2 Å². The van der Waals surface area contributed by atoms with Crippen molar-refractivity contribution in [2.45, 2.75) is 12.7 Å². The van der Waals surface area contributed by atoms with Crippen LogP contribution < -0.4 is 5.32 Å². The third-order valence-electron chi connectivity index (χ3n) is 1.72. The van der Waals surface area contributed by atoms with Crippen LogP contribution >= 0.6 is 7.37 Å². The maximum absolute atomic E-state index is 11.5. The normalized spacial score (nSPS) is 16.0. The van der Waals surface area contributed by atoms with E-state index in [9.17, 15) is 19.0 Å². The molecule has 0 saturated heterocycles. The molecule has 2 unspecified atom stereocenters. The second-order valence-electron chi connectivity index (χ2n) is 2.63. The van der Waals surface area contributed by atoms with Crippen LogP contribution in [0.5, 0.6) is 0 Å². The van der Waals surface area contributed by atoms with Gasteiger partial charge in [-0.05, 0) is 0 Å². The third-order valence-corrected chi connectivity index (χ3v) is 3.77. The van der Waals surface area contributed by atoms with E-state index in [0.717, 1.165) is 14.2 Å². The van der Waals surface area contributed by atoms with E-state index in [-0.39, 0.29) is 6.16 Å². The molecule has 0 fully saturated rings. The Labute approximate surface area is 87.2 Å². The maximum Gasteiger partial charge on any atom is 0.407 e. The van der Waals surface area contributed by atoms with Crippen molar-refractivity contribution in [2.75, 3.05) is 20.4 Å². The Bertz CT molecular complexity index is 291. The van der Waals surface area contributed by atoms with Crippen LogP contribution in [0.3, 0.4) is 0 Å². The quantitative estimate of drug-likeness (QED) is 0.534. The molecule has 0 aromatic carbocycles. The van der Waals surface area contributed by atoms with Gasteiger partial charge in [0.15, 0.2) is 0 Å². The first-order chi connectivity index (χ1) is 6.88. The van der Waals surface area contributed by atoms with Crippen molar-refractivity contribution < 1.29 is 28.5 Å². The Hall–Kier alpha value is -1.07. The molecule has 0 aromatic heterocycles. The highest BCUT2D eigenvalue weighted by Crippen LogP contribution is 2.44. The number of nitrogens with one attached hydrogen (secondary N) is 1. The smallest absolute Gasteiger partial charge is 0.407 e. The van der Waals surface area contributed by atoms with Gasteiger partial charge in [0.05, 0.1) is 14.2 Å². The first kappa shape index (κ1) is 13.9. The molecule has 0 bridgehead atoms. The SMILES string of the molecule is CCP(=O)(O)C(NC(=O)OC)C(=O)OC. The Kier molecular flexibility index (Phi) is 5.32. The number of rotatable bonds is 4. The summed E-state index contributed by atoms with van der Waals surface area (Å²) in [6.45, 7) is 1.43. The number of hydrogen-bond acceptors (Lipinski definition) is 5. The van der Waals surface area contributed by atoms with Crippen molar-refractivity contribution in [1.29, 1.82) is 0 Å². The van der Waals surface area contributed by atoms with Gasteiger partial charge < -0.3 is 14.4 Å². The lowest BCUT2D eigenvalue weighted by molar-refractivity contribution is -0.140. The lowest BCUT2D eigenvalue weighted by atomic mass is 10.6. The lowest BCUT2D eigenvalue weighted by Crippen LogP contribution is -2.41. The molecule has 8 heteroatoms. The van der Waals surface area contributed by atoms with Crippen LogP contribution in [0.4, 0.5) is 4.79 Å². The summed E-state index contributed by atoms with van der Waals surface area (Å²) in [5.74, 6) is -2.56. The van der Waals surface area contributed by atoms with Gasteiger partial charge in [0, 0.05) is 6.16 Å². The van der Waals surface area contributed by atoms with E-state index in [0.29, 0.717) is 0 Å². The molecule has 15 heavy (non-hydrogen) atoms. The molecule has 0 heterocycles. The molecule has 0 aliphatic rings. The monoisotopic (exact) mass is 239 g/mol. The van der Waals surface area contributed by atoms with Crippen LogP contribution in [0, 0.1) is 0 Å². The number of esters is 1. The van der Waals surface area contributed by atoms with Crippen LogP contribution in [0.1, 0.15) is 6.92 Å². The topological polar surface area (TPSA) is 102 Å². The van der Waals surface area contributed by atoms with E-state index in [1.165, 1.54) is 6.92 Å². The Morgan fingerprint density at radius 3 is 2.27 bits per heavy atom. The minimum Gasteiger partial charge on any atom is -0.467 e. The standard InChI is InChI=1S/C7H14NO6P/c1-4-15(11,12)5(6(9)13-2)8-7(10)14-3/h5H,4H2,1-3H3,(H,8,10)(H,11,12). The number of carbonyl (C=O) groups is 2. The van der Waals surface area contributed by atoms with Crippen LogP contribution in [0.25, 0.3) is 0 Å². The predicted molar refractivity (Wildman–Crippen MR) is 51.7 cm³/mol. The predicted octanol–water partition coefficient (Wildman–Crippen LogP) is 0.132. The second-order valence-corrected chi connectivity index (χ2v) is 5.29. The van der Waals surface area contributed by atoms with Gasteiger partial charge in [0.1, 0.15) is 0 Å². The maximum atomic E-state index is 11.5. The van der Waals surface area contributed by atoms with Gasteiger partial charge in [-0.3, -0.25) is 9.88 Å². The fourth-order valence-corrected chi connectivity index (χ4v) is 1.90. The van der Waals surface area contributed by atoms with Gasteiger partial charge in [-0.15, -0.1) is 0 Å². The molecule has 2 atom stereocenters. The fraction of sp³-hybridized carbons (Fsp3) is 0.714. The summed E-state index contributed by atoms with van der Waals surface area (Å²) in [6, 6.07) is 0. The second kappa shape index (κ2) is 5.72.